The van der Waals surface area contributed by atoms with Crippen molar-refractivity contribution >= 4 is 28.4 Å². The third kappa shape index (κ3) is 6.83. The summed E-state index contributed by atoms with van der Waals surface area (Å²) < 4.78 is 16.8. The van der Waals surface area contributed by atoms with E-state index in [1.54, 1.807) is 6.92 Å². The summed E-state index contributed by atoms with van der Waals surface area (Å²) in [6.45, 7) is 5.66. The SMILES string of the molecule is CCc1cccc(C)c1N[C@@H](C)C(=O)OCCS(=O)CC(N)C(=O)O. The number of hydrogen-bond donors (Lipinski definition) is 3. The van der Waals surface area contributed by atoms with Crippen molar-refractivity contribution in [3.05, 3.63) is 29.3 Å². The molecule has 3 atom stereocenters. The van der Waals surface area contributed by atoms with E-state index in [4.69, 9.17) is 15.6 Å². The molecule has 4 N–H and O–H groups in total. The lowest BCUT2D eigenvalue weighted by Crippen LogP contribution is -2.36. The maximum absolute atomic E-state index is 12.1. The summed E-state index contributed by atoms with van der Waals surface area (Å²) >= 11 is 0. The van der Waals surface area contributed by atoms with E-state index >= 15 is 0 Å². The van der Waals surface area contributed by atoms with Crippen molar-refractivity contribution in [1.82, 2.24) is 0 Å². The summed E-state index contributed by atoms with van der Waals surface area (Å²) in [5.74, 6) is -1.76. The predicted octanol–water partition coefficient (Wildman–Crippen LogP) is 1.06. The number of aliphatic carboxylic acids is 1. The Balaban J connectivity index is 2.48. The first-order chi connectivity index (χ1) is 11.8. The molecule has 7 nitrogen and oxygen atoms in total. The van der Waals surface area contributed by atoms with Crippen LogP contribution in [0.15, 0.2) is 18.2 Å². The highest BCUT2D eigenvalue weighted by atomic mass is 32.2. The molecule has 1 aromatic carbocycles. The maximum Gasteiger partial charge on any atom is 0.328 e. The maximum atomic E-state index is 12.1. The van der Waals surface area contributed by atoms with Crippen LogP contribution in [0.2, 0.25) is 0 Å². The van der Waals surface area contributed by atoms with E-state index in [9.17, 15) is 13.8 Å². The van der Waals surface area contributed by atoms with Crippen LogP contribution in [-0.2, 0) is 31.5 Å². The standard InChI is InChI=1S/C17H26N2O5S/c1-4-13-7-5-6-11(2)15(13)19-12(3)17(22)24-8-9-25(23)10-14(18)16(20)21/h5-7,12,14,19H,4,8-10,18H2,1-3H3,(H,20,21)/t12-,14?,25?/m0/s1. The molecule has 0 bridgehead atoms. The number of benzene rings is 1. The second-order valence-electron chi connectivity index (χ2n) is 5.75. The fourth-order valence-corrected chi connectivity index (χ4v) is 3.20. The molecule has 0 aliphatic rings. The second kappa shape index (κ2) is 10.1. The van der Waals surface area contributed by atoms with Gasteiger partial charge in [-0.2, -0.15) is 0 Å². The van der Waals surface area contributed by atoms with Crippen LogP contribution in [0.4, 0.5) is 5.69 Å². The number of carbonyl (C=O) groups is 2. The van der Waals surface area contributed by atoms with Crippen LogP contribution in [0.25, 0.3) is 0 Å². The van der Waals surface area contributed by atoms with Crippen LogP contribution in [-0.4, -0.2) is 51.5 Å². The van der Waals surface area contributed by atoms with Gasteiger partial charge in [0.25, 0.3) is 0 Å². The van der Waals surface area contributed by atoms with Gasteiger partial charge < -0.3 is 20.9 Å². The Hall–Kier alpha value is -1.93. The zero-order chi connectivity index (χ0) is 19.0. The Morgan fingerprint density at radius 1 is 1.40 bits per heavy atom. The van der Waals surface area contributed by atoms with Gasteiger partial charge in [0.2, 0.25) is 0 Å². The number of esters is 1. The van der Waals surface area contributed by atoms with Crippen LogP contribution < -0.4 is 11.1 Å². The monoisotopic (exact) mass is 370 g/mol. The summed E-state index contributed by atoms with van der Waals surface area (Å²) in [7, 11) is -1.45. The van der Waals surface area contributed by atoms with Crippen LogP contribution in [0.5, 0.6) is 0 Å². The quantitative estimate of drug-likeness (QED) is 0.527. The zero-order valence-corrected chi connectivity index (χ0v) is 15.6. The molecule has 0 radical (unpaired) electrons. The highest BCUT2D eigenvalue weighted by Crippen LogP contribution is 2.22. The fourth-order valence-electron chi connectivity index (χ4n) is 2.22. The highest BCUT2D eigenvalue weighted by Gasteiger charge is 2.18. The Bertz CT molecular complexity index is 635. The fraction of sp³-hybridized carbons (Fsp3) is 0.529. The number of ether oxygens (including phenoxy) is 1. The van der Waals surface area contributed by atoms with Gasteiger partial charge in [0, 0.05) is 22.2 Å². The summed E-state index contributed by atoms with van der Waals surface area (Å²) in [5.41, 5.74) is 8.39. The molecule has 0 fully saturated rings. The normalized spacial score (nSPS) is 14.4. The number of nitrogens with one attached hydrogen (secondary N) is 1. The Morgan fingerprint density at radius 2 is 2.08 bits per heavy atom. The molecular formula is C17H26N2O5S. The van der Waals surface area contributed by atoms with Gasteiger partial charge >= 0.3 is 11.9 Å². The highest BCUT2D eigenvalue weighted by molar-refractivity contribution is 7.85. The molecule has 140 valence electrons. The molecule has 1 rings (SSSR count). The molecule has 0 amide bonds. The van der Waals surface area contributed by atoms with Crippen molar-refractivity contribution in [2.45, 2.75) is 39.3 Å². The van der Waals surface area contributed by atoms with E-state index in [2.05, 4.69) is 5.32 Å². The van der Waals surface area contributed by atoms with Gasteiger partial charge in [0.15, 0.2) is 0 Å². The Kier molecular flexibility index (Phi) is 8.57. The van der Waals surface area contributed by atoms with E-state index in [0.717, 1.165) is 23.2 Å². The minimum absolute atomic E-state index is 0.0434. The summed E-state index contributed by atoms with van der Waals surface area (Å²) in [6, 6.07) is 4.21. The number of carboxylic acids is 1. The summed E-state index contributed by atoms with van der Waals surface area (Å²) in [4.78, 5) is 22.7. The number of aryl methyl sites for hydroxylation is 2. The third-order valence-corrected chi connectivity index (χ3v) is 5.05. The number of carboxylic acid groups (broad SMARTS) is 1. The minimum atomic E-state index is -1.45. The summed E-state index contributed by atoms with van der Waals surface area (Å²) in [5, 5.41) is 11.8. The van der Waals surface area contributed by atoms with Crippen molar-refractivity contribution in [1.29, 1.82) is 0 Å². The number of para-hydroxylation sites is 1. The van der Waals surface area contributed by atoms with Gasteiger partial charge in [-0.05, 0) is 31.4 Å². The number of anilines is 1. The topological polar surface area (TPSA) is 119 Å². The Morgan fingerprint density at radius 3 is 2.68 bits per heavy atom. The number of hydrogen-bond acceptors (Lipinski definition) is 6. The summed E-state index contributed by atoms with van der Waals surface area (Å²) in [6.07, 6.45) is 0.842. The lowest BCUT2D eigenvalue weighted by molar-refractivity contribution is -0.143. The smallest absolute Gasteiger partial charge is 0.328 e. The Labute approximate surface area is 150 Å². The first-order valence-electron chi connectivity index (χ1n) is 8.11. The molecule has 0 saturated heterocycles. The van der Waals surface area contributed by atoms with Crippen molar-refractivity contribution in [2.24, 2.45) is 5.73 Å². The molecular weight excluding hydrogens is 344 g/mol. The van der Waals surface area contributed by atoms with Gasteiger partial charge in [0.1, 0.15) is 18.7 Å². The van der Waals surface area contributed by atoms with Crippen molar-refractivity contribution < 1.29 is 23.6 Å². The van der Waals surface area contributed by atoms with Crippen LogP contribution >= 0.6 is 0 Å². The van der Waals surface area contributed by atoms with Gasteiger partial charge in [-0.25, -0.2) is 4.79 Å². The molecule has 0 aliphatic carbocycles. The number of carbonyl (C=O) groups excluding carboxylic acids is 1. The first kappa shape index (κ1) is 21.1. The molecule has 0 saturated carbocycles. The van der Waals surface area contributed by atoms with Crippen LogP contribution in [0, 0.1) is 6.92 Å². The van der Waals surface area contributed by atoms with Crippen LogP contribution in [0.1, 0.15) is 25.0 Å². The number of nitrogens with two attached hydrogens (primary N) is 1. The lowest BCUT2D eigenvalue weighted by Gasteiger charge is -2.19. The lowest BCUT2D eigenvalue weighted by atomic mass is 10.1. The van der Waals surface area contributed by atoms with Crippen molar-refractivity contribution in [3.63, 3.8) is 0 Å². The molecule has 0 aliphatic heterocycles. The van der Waals surface area contributed by atoms with Crippen molar-refractivity contribution in [3.8, 4) is 0 Å². The van der Waals surface area contributed by atoms with E-state index in [1.807, 2.05) is 32.0 Å². The molecule has 8 heteroatoms. The van der Waals surface area contributed by atoms with E-state index in [0.29, 0.717) is 0 Å². The van der Waals surface area contributed by atoms with Gasteiger partial charge in [-0.1, -0.05) is 25.1 Å². The van der Waals surface area contributed by atoms with Gasteiger partial charge in [-0.15, -0.1) is 0 Å². The van der Waals surface area contributed by atoms with Gasteiger partial charge in [-0.3, -0.25) is 9.00 Å². The average Bonchev–Trinajstić information content (AvgIpc) is 2.56. The average molecular weight is 370 g/mol. The van der Waals surface area contributed by atoms with E-state index < -0.39 is 34.8 Å². The first-order valence-corrected chi connectivity index (χ1v) is 9.60. The molecule has 0 heterocycles. The molecule has 2 unspecified atom stereocenters. The molecule has 0 spiro atoms. The molecule has 1 aromatic rings. The van der Waals surface area contributed by atoms with Crippen LogP contribution in [0.3, 0.4) is 0 Å². The predicted molar refractivity (Wildman–Crippen MR) is 98.1 cm³/mol. The van der Waals surface area contributed by atoms with E-state index in [1.165, 1.54) is 0 Å². The zero-order valence-electron chi connectivity index (χ0n) is 14.8. The minimum Gasteiger partial charge on any atom is -0.480 e. The van der Waals surface area contributed by atoms with E-state index in [-0.39, 0.29) is 18.1 Å². The number of rotatable bonds is 10. The van der Waals surface area contributed by atoms with Gasteiger partial charge in [0.05, 0.1) is 5.75 Å². The molecule has 25 heavy (non-hydrogen) atoms. The molecule has 0 aromatic heterocycles. The second-order valence-corrected chi connectivity index (χ2v) is 7.37. The largest absolute Gasteiger partial charge is 0.480 e. The third-order valence-electron chi connectivity index (χ3n) is 3.69. The van der Waals surface area contributed by atoms with Crippen molar-refractivity contribution in [2.75, 3.05) is 23.4 Å².